The molecule has 5 N–H and O–H groups in total. The summed E-state index contributed by atoms with van der Waals surface area (Å²) in [5, 5.41) is 16.0. The Balaban J connectivity index is 2.56. The Kier molecular flexibility index (Phi) is 6.67. The smallest absolute Gasteiger partial charge is 0.326 e. The number of thiophene rings is 1. The highest BCUT2D eigenvalue weighted by atomic mass is 32.1. The lowest BCUT2D eigenvalue weighted by Gasteiger charge is -2.19. The molecule has 21 heavy (non-hydrogen) atoms. The van der Waals surface area contributed by atoms with E-state index in [0.29, 0.717) is 6.42 Å². The van der Waals surface area contributed by atoms with Gasteiger partial charge in [0.05, 0.1) is 6.04 Å². The molecule has 0 saturated heterocycles. The molecule has 0 aliphatic rings. The van der Waals surface area contributed by atoms with E-state index in [2.05, 4.69) is 10.6 Å². The maximum Gasteiger partial charge on any atom is 0.326 e. The predicted octanol–water partition coefficient (Wildman–Crippen LogP) is 1.22. The van der Waals surface area contributed by atoms with E-state index < -0.39 is 23.9 Å². The highest BCUT2D eigenvalue weighted by Crippen LogP contribution is 2.21. The highest BCUT2D eigenvalue weighted by Gasteiger charge is 2.22. The van der Waals surface area contributed by atoms with Crippen LogP contribution >= 0.6 is 11.3 Å². The Bertz CT molecular complexity index is 490. The summed E-state index contributed by atoms with van der Waals surface area (Å²) in [6.45, 7) is 1.92. The topological polar surface area (TPSA) is 122 Å². The standard InChI is InChI=1S/C13H19N3O4S/c1-2-8(10-4-3-7-21-10)15-13(20)16-9(12(18)19)5-6-11(14)17/h3-4,7-9H,2,5-6H2,1H3,(H2,14,17)(H,18,19)(H2,15,16,20)/t8?,9-/m0/s1. The van der Waals surface area contributed by atoms with Crippen molar-refractivity contribution in [2.75, 3.05) is 0 Å². The van der Waals surface area contributed by atoms with Crippen LogP contribution in [0.15, 0.2) is 17.5 Å². The molecular weight excluding hydrogens is 294 g/mol. The van der Waals surface area contributed by atoms with Crippen LogP contribution in [0.1, 0.15) is 37.1 Å². The number of carboxylic acid groups (broad SMARTS) is 1. The number of primary amides is 1. The van der Waals surface area contributed by atoms with Gasteiger partial charge in [-0.15, -0.1) is 11.3 Å². The Labute approximate surface area is 126 Å². The molecular formula is C13H19N3O4S. The third-order valence-corrected chi connectivity index (χ3v) is 3.87. The lowest BCUT2D eigenvalue weighted by molar-refractivity contribution is -0.139. The van der Waals surface area contributed by atoms with Crippen LogP contribution in [0.2, 0.25) is 0 Å². The van der Waals surface area contributed by atoms with Crippen LogP contribution < -0.4 is 16.4 Å². The second-order valence-corrected chi connectivity index (χ2v) is 5.47. The van der Waals surface area contributed by atoms with Gasteiger partial charge in [0.1, 0.15) is 6.04 Å². The molecule has 1 unspecified atom stereocenters. The van der Waals surface area contributed by atoms with Gasteiger partial charge >= 0.3 is 12.0 Å². The SMILES string of the molecule is CCC(NC(=O)N[C@@H](CCC(N)=O)C(=O)O)c1cccs1. The average molecular weight is 313 g/mol. The van der Waals surface area contributed by atoms with Crippen molar-refractivity contribution in [3.63, 3.8) is 0 Å². The Morgan fingerprint density at radius 3 is 2.57 bits per heavy atom. The van der Waals surface area contributed by atoms with E-state index >= 15 is 0 Å². The summed E-state index contributed by atoms with van der Waals surface area (Å²) >= 11 is 1.52. The molecule has 1 heterocycles. The molecule has 0 saturated carbocycles. The molecule has 0 aliphatic carbocycles. The quantitative estimate of drug-likeness (QED) is 0.576. The minimum atomic E-state index is -1.20. The summed E-state index contributed by atoms with van der Waals surface area (Å²) in [4.78, 5) is 34.6. The van der Waals surface area contributed by atoms with Crippen LogP contribution in [0, 0.1) is 0 Å². The number of urea groups is 1. The van der Waals surface area contributed by atoms with Gasteiger partial charge in [-0.1, -0.05) is 13.0 Å². The number of amides is 3. The van der Waals surface area contributed by atoms with Crippen molar-refractivity contribution in [2.45, 2.75) is 38.3 Å². The number of nitrogens with one attached hydrogen (secondary N) is 2. The minimum Gasteiger partial charge on any atom is -0.480 e. The van der Waals surface area contributed by atoms with Gasteiger partial charge in [0, 0.05) is 11.3 Å². The van der Waals surface area contributed by atoms with E-state index in [1.54, 1.807) is 0 Å². The summed E-state index contributed by atoms with van der Waals surface area (Å²) in [6, 6.07) is 1.90. The largest absolute Gasteiger partial charge is 0.480 e. The lowest BCUT2D eigenvalue weighted by Crippen LogP contribution is -2.47. The van der Waals surface area contributed by atoms with Crippen molar-refractivity contribution in [1.82, 2.24) is 10.6 Å². The molecule has 0 fully saturated rings. The fraction of sp³-hybridized carbons (Fsp3) is 0.462. The molecule has 0 aromatic carbocycles. The molecule has 0 spiro atoms. The summed E-state index contributed by atoms with van der Waals surface area (Å²) in [5.74, 6) is -1.80. The molecule has 1 aromatic heterocycles. The van der Waals surface area contributed by atoms with Crippen LogP contribution in [0.5, 0.6) is 0 Å². The van der Waals surface area contributed by atoms with E-state index in [4.69, 9.17) is 10.8 Å². The van der Waals surface area contributed by atoms with Crippen LogP contribution in [0.25, 0.3) is 0 Å². The van der Waals surface area contributed by atoms with Crippen molar-refractivity contribution in [3.8, 4) is 0 Å². The van der Waals surface area contributed by atoms with Gasteiger partial charge in [0.2, 0.25) is 5.91 Å². The second kappa shape index (κ2) is 8.25. The van der Waals surface area contributed by atoms with Crippen molar-refractivity contribution in [3.05, 3.63) is 22.4 Å². The second-order valence-electron chi connectivity index (χ2n) is 4.49. The maximum absolute atomic E-state index is 11.9. The normalized spacial score (nSPS) is 13.2. The molecule has 7 nitrogen and oxygen atoms in total. The van der Waals surface area contributed by atoms with Crippen molar-refractivity contribution >= 4 is 29.2 Å². The number of carbonyl (C=O) groups excluding carboxylic acids is 2. The van der Waals surface area contributed by atoms with E-state index in [0.717, 1.165) is 4.88 Å². The first-order valence-electron chi connectivity index (χ1n) is 6.55. The molecule has 3 amide bonds. The summed E-state index contributed by atoms with van der Waals surface area (Å²) in [5.41, 5.74) is 4.98. The van der Waals surface area contributed by atoms with Gasteiger partial charge in [-0.3, -0.25) is 4.79 Å². The lowest BCUT2D eigenvalue weighted by atomic mass is 10.1. The number of nitrogens with two attached hydrogens (primary N) is 1. The fourth-order valence-corrected chi connectivity index (χ4v) is 2.63. The minimum absolute atomic E-state index is 0.0338. The molecule has 116 valence electrons. The molecule has 1 rings (SSSR count). The van der Waals surface area contributed by atoms with Crippen LogP contribution in [-0.4, -0.2) is 29.1 Å². The molecule has 0 aliphatic heterocycles. The number of hydrogen-bond donors (Lipinski definition) is 4. The summed E-state index contributed by atoms with van der Waals surface area (Å²) in [6.07, 6.45) is 0.556. The average Bonchev–Trinajstić information content (AvgIpc) is 2.94. The summed E-state index contributed by atoms with van der Waals surface area (Å²) < 4.78 is 0. The van der Waals surface area contributed by atoms with Gasteiger partial charge in [0.15, 0.2) is 0 Å². The van der Waals surface area contributed by atoms with Gasteiger partial charge in [-0.2, -0.15) is 0 Å². The van der Waals surface area contributed by atoms with E-state index in [9.17, 15) is 14.4 Å². The van der Waals surface area contributed by atoms with Gasteiger partial charge in [-0.25, -0.2) is 9.59 Å². The highest BCUT2D eigenvalue weighted by molar-refractivity contribution is 7.10. The third kappa shape index (κ3) is 5.82. The first kappa shape index (κ1) is 17.0. The molecule has 0 bridgehead atoms. The van der Waals surface area contributed by atoms with Gasteiger partial charge in [-0.05, 0) is 24.3 Å². The number of carboxylic acids is 1. The molecule has 0 radical (unpaired) electrons. The molecule has 1 aromatic rings. The molecule has 8 heteroatoms. The third-order valence-electron chi connectivity index (χ3n) is 2.88. The van der Waals surface area contributed by atoms with E-state index in [1.807, 2.05) is 24.4 Å². The fourth-order valence-electron chi connectivity index (χ4n) is 1.77. The Morgan fingerprint density at radius 1 is 1.38 bits per heavy atom. The maximum atomic E-state index is 11.9. The van der Waals surface area contributed by atoms with Crippen molar-refractivity contribution in [2.24, 2.45) is 5.73 Å². The molecule has 2 atom stereocenters. The van der Waals surface area contributed by atoms with Crippen molar-refractivity contribution in [1.29, 1.82) is 0 Å². The Morgan fingerprint density at radius 2 is 2.10 bits per heavy atom. The van der Waals surface area contributed by atoms with Crippen LogP contribution in [-0.2, 0) is 9.59 Å². The number of carbonyl (C=O) groups is 3. The predicted molar refractivity (Wildman–Crippen MR) is 78.9 cm³/mol. The number of aliphatic carboxylic acids is 1. The zero-order valence-electron chi connectivity index (χ0n) is 11.7. The van der Waals surface area contributed by atoms with Crippen molar-refractivity contribution < 1.29 is 19.5 Å². The zero-order chi connectivity index (χ0) is 15.8. The summed E-state index contributed by atoms with van der Waals surface area (Å²) in [7, 11) is 0. The Hall–Kier alpha value is -2.09. The first-order valence-corrected chi connectivity index (χ1v) is 7.43. The number of rotatable bonds is 8. The monoisotopic (exact) mass is 313 g/mol. The van der Waals surface area contributed by atoms with E-state index in [1.165, 1.54) is 11.3 Å². The van der Waals surface area contributed by atoms with Gasteiger partial charge < -0.3 is 21.5 Å². The first-order chi connectivity index (χ1) is 9.93. The van der Waals surface area contributed by atoms with Gasteiger partial charge in [0.25, 0.3) is 0 Å². The van der Waals surface area contributed by atoms with Crippen LogP contribution in [0.3, 0.4) is 0 Å². The van der Waals surface area contributed by atoms with Crippen LogP contribution in [0.4, 0.5) is 4.79 Å². The van der Waals surface area contributed by atoms with E-state index in [-0.39, 0.29) is 18.9 Å². The zero-order valence-corrected chi connectivity index (χ0v) is 12.5. The number of hydrogen-bond acceptors (Lipinski definition) is 4.